The molecular formula is C17H19N3O2S. The summed E-state index contributed by atoms with van der Waals surface area (Å²) >= 11 is 0. The number of hydrogen-bond acceptors (Lipinski definition) is 3. The Morgan fingerprint density at radius 2 is 1.65 bits per heavy atom. The van der Waals surface area contributed by atoms with Crippen molar-refractivity contribution in [3.8, 4) is 5.69 Å². The number of para-hydroxylation sites is 1. The number of nitrogens with zero attached hydrogens (tertiary/aromatic N) is 3. The average Bonchev–Trinajstić information content (AvgIpc) is 2.99. The molecule has 0 N–H and O–H groups in total. The quantitative estimate of drug-likeness (QED) is 0.742. The van der Waals surface area contributed by atoms with Crippen LogP contribution in [-0.4, -0.2) is 22.2 Å². The number of aryl methyl sites for hydroxylation is 3. The molecular weight excluding hydrogens is 310 g/mol. The molecule has 0 fully saturated rings. The van der Waals surface area contributed by atoms with Crippen LogP contribution >= 0.6 is 0 Å². The first-order chi connectivity index (χ1) is 10.8. The second kappa shape index (κ2) is 5.38. The van der Waals surface area contributed by atoms with E-state index in [1.165, 1.54) is 3.97 Å². The molecule has 0 aliphatic rings. The minimum atomic E-state index is -3.66. The number of benzene rings is 1. The molecule has 0 unspecified atom stereocenters. The molecule has 6 heteroatoms. The zero-order chi connectivity index (χ0) is 16.8. The predicted molar refractivity (Wildman–Crippen MR) is 89.5 cm³/mol. The van der Waals surface area contributed by atoms with Gasteiger partial charge in [-0.1, -0.05) is 18.2 Å². The van der Waals surface area contributed by atoms with E-state index in [0.29, 0.717) is 17.1 Å². The summed E-state index contributed by atoms with van der Waals surface area (Å²) in [5.74, 6) is 0. The van der Waals surface area contributed by atoms with Crippen molar-refractivity contribution in [3.63, 3.8) is 0 Å². The van der Waals surface area contributed by atoms with Crippen molar-refractivity contribution in [2.75, 3.05) is 0 Å². The fourth-order valence-electron chi connectivity index (χ4n) is 2.90. The van der Waals surface area contributed by atoms with Gasteiger partial charge in [0, 0.05) is 11.9 Å². The summed E-state index contributed by atoms with van der Waals surface area (Å²) in [5, 5.41) is 4.43. The second-order valence-electron chi connectivity index (χ2n) is 5.71. The standard InChI is InChI=1S/C17H19N3O2S/c1-12-10-13(2)19(11-12)23(21,22)17-14(3)18-20(15(17)4)16-8-6-5-7-9-16/h5-11H,1-4H3. The molecule has 3 aromatic rings. The highest BCUT2D eigenvalue weighted by Crippen LogP contribution is 2.26. The number of rotatable bonds is 3. The van der Waals surface area contributed by atoms with E-state index >= 15 is 0 Å². The first-order valence-corrected chi connectivity index (χ1v) is 8.79. The maximum Gasteiger partial charge on any atom is 0.271 e. The third-order valence-electron chi connectivity index (χ3n) is 3.85. The van der Waals surface area contributed by atoms with E-state index in [4.69, 9.17) is 0 Å². The van der Waals surface area contributed by atoms with E-state index in [-0.39, 0.29) is 4.90 Å². The molecule has 0 radical (unpaired) electrons. The third kappa shape index (κ3) is 2.49. The molecule has 1 aromatic carbocycles. The van der Waals surface area contributed by atoms with E-state index in [1.54, 1.807) is 31.6 Å². The van der Waals surface area contributed by atoms with Crippen LogP contribution in [0.1, 0.15) is 22.6 Å². The molecule has 2 heterocycles. The highest BCUT2D eigenvalue weighted by molar-refractivity contribution is 7.90. The molecule has 0 amide bonds. The van der Waals surface area contributed by atoms with E-state index < -0.39 is 10.0 Å². The Labute approximate surface area is 136 Å². The first kappa shape index (κ1) is 15.6. The van der Waals surface area contributed by atoms with Gasteiger partial charge >= 0.3 is 0 Å². The van der Waals surface area contributed by atoms with E-state index in [9.17, 15) is 8.42 Å². The molecule has 0 aliphatic carbocycles. The number of hydrogen-bond donors (Lipinski definition) is 0. The van der Waals surface area contributed by atoms with Crippen molar-refractivity contribution in [1.82, 2.24) is 13.8 Å². The lowest BCUT2D eigenvalue weighted by Crippen LogP contribution is -2.15. The Balaban J connectivity index is 2.22. The van der Waals surface area contributed by atoms with Gasteiger partial charge in [-0.25, -0.2) is 17.1 Å². The van der Waals surface area contributed by atoms with Crippen molar-refractivity contribution in [3.05, 3.63) is 65.2 Å². The summed E-state index contributed by atoms with van der Waals surface area (Å²) in [5.41, 5.74) is 3.55. The SMILES string of the molecule is Cc1cc(C)n(S(=O)(=O)c2c(C)nn(-c3ccccc3)c2C)c1. The van der Waals surface area contributed by atoms with Gasteiger partial charge in [-0.15, -0.1) is 0 Å². The summed E-state index contributed by atoms with van der Waals surface area (Å²) in [6, 6.07) is 11.4. The smallest absolute Gasteiger partial charge is 0.246 e. The van der Waals surface area contributed by atoms with Crippen LogP contribution in [0.3, 0.4) is 0 Å². The van der Waals surface area contributed by atoms with Crippen LogP contribution in [0, 0.1) is 27.7 Å². The maximum atomic E-state index is 13.1. The lowest BCUT2D eigenvalue weighted by atomic mass is 10.3. The topological polar surface area (TPSA) is 56.9 Å². The number of aromatic nitrogens is 3. The molecule has 23 heavy (non-hydrogen) atoms. The summed E-state index contributed by atoms with van der Waals surface area (Å²) in [7, 11) is -3.66. The lowest BCUT2D eigenvalue weighted by Gasteiger charge is -2.09. The summed E-state index contributed by atoms with van der Waals surface area (Å²) in [4.78, 5) is 0.264. The lowest BCUT2D eigenvalue weighted by molar-refractivity contribution is 0.585. The van der Waals surface area contributed by atoms with Gasteiger partial charge in [0.25, 0.3) is 10.0 Å². The van der Waals surface area contributed by atoms with Gasteiger partial charge in [0.1, 0.15) is 4.90 Å². The van der Waals surface area contributed by atoms with E-state index in [0.717, 1.165) is 11.3 Å². The van der Waals surface area contributed by atoms with Crippen LogP contribution in [0.25, 0.3) is 5.69 Å². The largest absolute Gasteiger partial charge is 0.271 e. The fraction of sp³-hybridized carbons (Fsp3) is 0.235. The van der Waals surface area contributed by atoms with Crippen LogP contribution in [0.2, 0.25) is 0 Å². The van der Waals surface area contributed by atoms with Gasteiger partial charge in [0.2, 0.25) is 0 Å². The second-order valence-corrected chi connectivity index (χ2v) is 7.46. The Morgan fingerprint density at radius 1 is 1.00 bits per heavy atom. The normalized spacial score (nSPS) is 11.8. The molecule has 0 atom stereocenters. The molecule has 5 nitrogen and oxygen atoms in total. The highest BCUT2D eigenvalue weighted by atomic mass is 32.2. The highest BCUT2D eigenvalue weighted by Gasteiger charge is 2.27. The molecule has 0 aliphatic heterocycles. The third-order valence-corrected chi connectivity index (χ3v) is 5.87. The van der Waals surface area contributed by atoms with Crippen molar-refractivity contribution in [1.29, 1.82) is 0 Å². The zero-order valence-corrected chi connectivity index (χ0v) is 14.4. The van der Waals surface area contributed by atoms with Gasteiger partial charge in [-0.05, 0) is 51.5 Å². The Morgan fingerprint density at radius 3 is 2.22 bits per heavy atom. The van der Waals surface area contributed by atoms with Crippen molar-refractivity contribution in [2.45, 2.75) is 32.6 Å². The van der Waals surface area contributed by atoms with Gasteiger partial charge in [-0.3, -0.25) is 0 Å². The Kier molecular flexibility index (Phi) is 3.64. The Bertz CT molecular complexity index is 967. The molecule has 0 saturated heterocycles. The van der Waals surface area contributed by atoms with Crippen molar-refractivity contribution >= 4 is 10.0 Å². The van der Waals surface area contributed by atoms with Crippen LogP contribution in [-0.2, 0) is 10.0 Å². The summed E-state index contributed by atoms with van der Waals surface area (Å²) < 4.78 is 29.1. The van der Waals surface area contributed by atoms with Crippen LogP contribution in [0.5, 0.6) is 0 Å². The fourth-order valence-corrected chi connectivity index (χ4v) is 4.70. The molecule has 0 bridgehead atoms. The minimum Gasteiger partial charge on any atom is -0.246 e. The molecule has 3 rings (SSSR count). The summed E-state index contributed by atoms with van der Waals surface area (Å²) in [6.07, 6.45) is 1.64. The van der Waals surface area contributed by atoms with Gasteiger partial charge in [-0.2, -0.15) is 5.10 Å². The van der Waals surface area contributed by atoms with Crippen LogP contribution in [0.15, 0.2) is 47.5 Å². The predicted octanol–water partition coefficient (Wildman–Crippen LogP) is 3.14. The first-order valence-electron chi connectivity index (χ1n) is 7.35. The van der Waals surface area contributed by atoms with Gasteiger partial charge in [0.15, 0.2) is 0 Å². The Hall–Kier alpha value is -2.34. The molecule has 0 saturated carbocycles. The molecule has 2 aromatic heterocycles. The average molecular weight is 329 g/mol. The minimum absolute atomic E-state index is 0.264. The van der Waals surface area contributed by atoms with Crippen molar-refractivity contribution < 1.29 is 8.42 Å². The van der Waals surface area contributed by atoms with E-state index in [2.05, 4.69) is 5.10 Å². The zero-order valence-electron chi connectivity index (χ0n) is 13.6. The van der Waals surface area contributed by atoms with Gasteiger partial charge in [0.05, 0.1) is 17.1 Å². The summed E-state index contributed by atoms with van der Waals surface area (Å²) in [6.45, 7) is 7.18. The van der Waals surface area contributed by atoms with Crippen molar-refractivity contribution in [2.24, 2.45) is 0 Å². The van der Waals surface area contributed by atoms with Crippen LogP contribution < -0.4 is 0 Å². The van der Waals surface area contributed by atoms with Gasteiger partial charge < -0.3 is 0 Å². The molecule has 120 valence electrons. The van der Waals surface area contributed by atoms with Crippen LogP contribution in [0.4, 0.5) is 0 Å². The van der Waals surface area contributed by atoms with E-state index in [1.807, 2.05) is 43.3 Å². The maximum absolute atomic E-state index is 13.1. The monoisotopic (exact) mass is 329 g/mol. The molecule has 0 spiro atoms.